The topological polar surface area (TPSA) is 101 Å². The number of anilines is 3. The van der Waals surface area contributed by atoms with Crippen LogP contribution in [0.25, 0.3) is 0 Å². The average Bonchev–Trinajstić information content (AvgIpc) is 2.79. The molecule has 4 rings (SSSR count). The molecule has 0 bridgehead atoms. The monoisotopic (exact) mass is 458 g/mol. The number of rotatable bonds is 6. The van der Waals surface area contributed by atoms with Gasteiger partial charge >= 0.3 is 0 Å². The van der Waals surface area contributed by atoms with Crippen LogP contribution in [-0.4, -0.2) is 61.2 Å². The number of aromatic nitrogens is 3. The third-order valence-corrected chi connectivity index (χ3v) is 7.01. The van der Waals surface area contributed by atoms with Crippen molar-refractivity contribution in [2.45, 2.75) is 11.8 Å². The highest BCUT2D eigenvalue weighted by Crippen LogP contribution is 2.25. The number of aryl methyl sites for hydroxylation is 1. The van der Waals surface area contributed by atoms with Crippen molar-refractivity contribution < 1.29 is 17.5 Å². The Hall–Kier alpha value is -3.31. The van der Waals surface area contributed by atoms with E-state index >= 15 is 0 Å². The number of ether oxygens (including phenoxy) is 1. The maximum absolute atomic E-state index is 14.0. The van der Waals surface area contributed by atoms with Gasteiger partial charge in [0.05, 0.1) is 12.0 Å². The first kappa shape index (κ1) is 21.9. The van der Waals surface area contributed by atoms with Crippen LogP contribution >= 0.6 is 0 Å². The number of benzene rings is 1. The lowest BCUT2D eigenvalue weighted by molar-refractivity contribution is 0.379. The predicted octanol–water partition coefficient (Wildman–Crippen LogP) is 2.58. The van der Waals surface area contributed by atoms with Crippen LogP contribution in [0.5, 0.6) is 5.75 Å². The summed E-state index contributed by atoms with van der Waals surface area (Å²) in [5.74, 6) is 1.19. The number of methoxy groups -OCH3 is 1. The molecule has 1 aromatic carbocycles. The molecule has 32 heavy (non-hydrogen) atoms. The Morgan fingerprint density at radius 1 is 1.00 bits per heavy atom. The molecule has 0 aliphatic carbocycles. The van der Waals surface area contributed by atoms with Crippen LogP contribution in [0, 0.1) is 12.7 Å². The normalized spacial score (nSPS) is 14.9. The minimum absolute atomic E-state index is 0.00320. The van der Waals surface area contributed by atoms with Crippen molar-refractivity contribution in [3.05, 3.63) is 60.0 Å². The van der Waals surface area contributed by atoms with E-state index in [9.17, 15) is 12.8 Å². The number of nitrogens with zero attached hydrogens (tertiary/aromatic N) is 5. The van der Waals surface area contributed by atoms with E-state index in [1.807, 2.05) is 36.1 Å². The van der Waals surface area contributed by atoms with Crippen molar-refractivity contribution in [2.24, 2.45) is 0 Å². The number of nitrogens with one attached hydrogen (secondary N) is 1. The number of halogens is 1. The van der Waals surface area contributed by atoms with Gasteiger partial charge in [-0.1, -0.05) is 6.07 Å². The first-order valence-corrected chi connectivity index (χ1v) is 11.4. The third-order valence-electron chi connectivity index (χ3n) is 5.12. The van der Waals surface area contributed by atoms with Crippen LogP contribution in [0.15, 0.2) is 53.4 Å². The zero-order chi connectivity index (χ0) is 22.7. The number of hydrogen-bond acceptors (Lipinski definition) is 8. The Balaban J connectivity index is 1.39. The zero-order valence-electron chi connectivity index (χ0n) is 17.7. The van der Waals surface area contributed by atoms with Gasteiger partial charge < -0.3 is 15.0 Å². The highest BCUT2D eigenvalue weighted by atomic mass is 32.2. The highest BCUT2D eigenvalue weighted by Gasteiger charge is 2.29. The predicted molar refractivity (Wildman–Crippen MR) is 118 cm³/mol. The third kappa shape index (κ3) is 4.63. The fourth-order valence-corrected chi connectivity index (χ4v) is 4.85. The Kier molecular flexibility index (Phi) is 6.19. The molecule has 1 saturated heterocycles. The number of hydrogen-bond donors (Lipinski definition) is 1. The van der Waals surface area contributed by atoms with Gasteiger partial charge in [0.25, 0.3) is 0 Å². The lowest BCUT2D eigenvalue weighted by atomic mass is 10.3. The summed E-state index contributed by atoms with van der Waals surface area (Å²) in [4.78, 5) is 6.24. The SMILES string of the molecule is COc1ccc(S(=O)(=O)N2CCN(c3ccc(Nc4cccc(C)n4)nn3)CC2)cc1F. The zero-order valence-corrected chi connectivity index (χ0v) is 18.5. The van der Waals surface area contributed by atoms with Gasteiger partial charge in [-0.3, -0.25) is 0 Å². The Morgan fingerprint density at radius 2 is 1.78 bits per heavy atom. The van der Waals surface area contributed by atoms with Gasteiger partial charge in [-0.15, -0.1) is 10.2 Å². The molecule has 0 atom stereocenters. The van der Waals surface area contributed by atoms with Gasteiger partial charge in [-0.25, -0.2) is 17.8 Å². The fraction of sp³-hybridized carbons (Fsp3) is 0.286. The fourth-order valence-electron chi connectivity index (χ4n) is 3.42. The van der Waals surface area contributed by atoms with Crippen molar-refractivity contribution in [3.8, 4) is 5.75 Å². The summed E-state index contributed by atoms with van der Waals surface area (Å²) in [5.41, 5.74) is 0.893. The summed E-state index contributed by atoms with van der Waals surface area (Å²) in [6.07, 6.45) is 0. The molecule has 11 heteroatoms. The molecule has 1 aliphatic rings. The van der Waals surface area contributed by atoms with E-state index < -0.39 is 15.8 Å². The van der Waals surface area contributed by atoms with E-state index in [2.05, 4.69) is 20.5 Å². The Morgan fingerprint density at radius 3 is 2.41 bits per heavy atom. The molecule has 1 N–H and O–H groups in total. The maximum Gasteiger partial charge on any atom is 0.243 e. The molecule has 1 aliphatic heterocycles. The Bertz CT molecular complexity index is 1200. The van der Waals surface area contributed by atoms with Crippen LogP contribution in [0.2, 0.25) is 0 Å². The summed E-state index contributed by atoms with van der Waals surface area (Å²) < 4.78 is 45.9. The largest absolute Gasteiger partial charge is 0.494 e. The molecule has 1 fully saturated rings. The molecule has 3 heterocycles. The van der Waals surface area contributed by atoms with Crippen LogP contribution in [-0.2, 0) is 10.0 Å². The van der Waals surface area contributed by atoms with Crippen molar-refractivity contribution >= 4 is 27.5 Å². The van der Waals surface area contributed by atoms with Gasteiger partial charge in [0.15, 0.2) is 23.2 Å². The molecule has 0 amide bonds. The van der Waals surface area contributed by atoms with E-state index in [0.29, 0.717) is 30.5 Å². The molecule has 2 aromatic heterocycles. The number of pyridine rings is 1. The quantitative estimate of drug-likeness (QED) is 0.602. The minimum Gasteiger partial charge on any atom is -0.494 e. The number of piperazine rings is 1. The Labute approximate surface area is 185 Å². The van der Waals surface area contributed by atoms with E-state index in [-0.39, 0.29) is 23.7 Å². The molecule has 0 unspecified atom stereocenters. The first-order chi connectivity index (χ1) is 15.4. The van der Waals surface area contributed by atoms with Crippen molar-refractivity contribution in [1.29, 1.82) is 0 Å². The van der Waals surface area contributed by atoms with E-state index in [4.69, 9.17) is 4.74 Å². The minimum atomic E-state index is -3.80. The maximum atomic E-state index is 14.0. The standard InChI is InChI=1S/C21H23FN6O3S/c1-15-4-3-5-19(23-15)24-20-8-9-21(26-25-20)27-10-12-28(13-11-27)32(29,30)16-6-7-18(31-2)17(22)14-16/h3-9,14H,10-13H2,1-2H3,(H,23,24,25). The van der Waals surface area contributed by atoms with Gasteiger partial charge in [-0.2, -0.15) is 4.31 Å². The van der Waals surface area contributed by atoms with Crippen molar-refractivity contribution in [1.82, 2.24) is 19.5 Å². The summed E-state index contributed by atoms with van der Waals surface area (Å²) in [7, 11) is -2.47. The van der Waals surface area contributed by atoms with Crippen LogP contribution in [0.3, 0.4) is 0 Å². The van der Waals surface area contributed by atoms with Gasteiger partial charge in [0.2, 0.25) is 10.0 Å². The summed E-state index contributed by atoms with van der Waals surface area (Å²) in [5, 5.41) is 11.5. The first-order valence-electron chi connectivity index (χ1n) is 10.00. The molecule has 9 nitrogen and oxygen atoms in total. The molecule has 168 valence electrons. The van der Waals surface area contributed by atoms with Crippen LogP contribution < -0.4 is 15.0 Å². The van der Waals surface area contributed by atoms with E-state index in [1.54, 1.807) is 6.07 Å². The van der Waals surface area contributed by atoms with Crippen LogP contribution in [0.4, 0.5) is 21.8 Å². The number of sulfonamides is 1. The molecule has 0 spiro atoms. The highest BCUT2D eigenvalue weighted by molar-refractivity contribution is 7.89. The van der Waals surface area contributed by atoms with Crippen molar-refractivity contribution in [3.63, 3.8) is 0 Å². The smallest absolute Gasteiger partial charge is 0.243 e. The second-order valence-electron chi connectivity index (χ2n) is 7.25. The second-order valence-corrected chi connectivity index (χ2v) is 9.19. The lowest BCUT2D eigenvalue weighted by Gasteiger charge is -2.34. The average molecular weight is 459 g/mol. The van der Waals surface area contributed by atoms with Gasteiger partial charge in [-0.05, 0) is 49.4 Å². The molecule has 0 saturated carbocycles. The second kappa shape index (κ2) is 9.05. The van der Waals surface area contributed by atoms with Gasteiger partial charge in [0.1, 0.15) is 5.82 Å². The molecular weight excluding hydrogens is 435 g/mol. The van der Waals surface area contributed by atoms with Crippen LogP contribution in [0.1, 0.15) is 5.69 Å². The molecule has 0 radical (unpaired) electrons. The summed E-state index contributed by atoms with van der Waals surface area (Å²) in [6.45, 7) is 3.30. The van der Waals surface area contributed by atoms with E-state index in [0.717, 1.165) is 11.8 Å². The molecule has 3 aromatic rings. The van der Waals surface area contributed by atoms with Crippen molar-refractivity contribution in [2.75, 3.05) is 43.5 Å². The lowest BCUT2D eigenvalue weighted by Crippen LogP contribution is -2.49. The molecular formula is C21H23FN6O3S. The van der Waals surface area contributed by atoms with E-state index in [1.165, 1.54) is 23.5 Å². The summed E-state index contributed by atoms with van der Waals surface area (Å²) >= 11 is 0. The summed E-state index contributed by atoms with van der Waals surface area (Å²) in [6, 6.07) is 12.9. The van der Waals surface area contributed by atoms with Gasteiger partial charge in [0, 0.05) is 31.9 Å².